The summed E-state index contributed by atoms with van der Waals surface area (Å²) in [6.07, 6.45) is 6.33. The Bertz CT molecular complexity index is 949. The van der Waals surface area contributed by atoms with Gasteiger partial charge in [0.25, 0.3) is 10.0 Å². The lowest BCUT2D eigenvalue weighted by atomic mass is 10.0. The zero-order valence-electron chi connectivity index (χ0n) is 15.7. The molecular weight excluding hydrogens is 354 g/mol. The first kappa shape index (κ1) is 19.3. The number of benzene rings is 2. The van der Waals surface area contributed by atoms with E-state index in [1.54, 1.807) is 12.1 Å². The molecule has 4 heteroatoms. The van der Waals surface area contributed by atoms with Crippen LogP contribution in [0.15, 0.2) is 71.3 Å². The number of aryl methyl sites for hydroxylation is 1. The lowest BCUT2D eigenvalue weighted by molar-refractivity contribution is 0.463. The molecule has 0 bridgehead atoms. The highest BCUT2D eigenvalue weighted by atomic mass is 32.2. The van der Waals surface area contributed by atoms with E-state index in [2.05, 4.69) is 11.8 Å². The number of allylic oxidation sites excluding steroid dienone is 1. The van der Waals surface area contributed by atoms with Crippen molar-refractivity contribution in [3.63, 3.8) is 0 Å². The van der Waals surface area contributed by atoms with Crippen molar-refractivity contribution in [1.82, 2.24) is 4.31 Å². The SMILES string of the molecule is Cc1ccc(S(=O)(=O)N2C=C(CCCC#Cc3ccccc3)CCC2)cc1. The van der Waals surface area contributed by atoms with Crippen LogP contribution in [0.25, 0.3) is 0 Å². The Kier molecular flexibility index (Phi) is 6.36. The van der Waals surface area contributed by atoms with Crippen molar-refractivity contribution in [2.45, 2.75) is 43.9 Å². The van der Waals surface area contributed by atoms with E-state index in [4.69, 9.17) is 0 Å². The van der Waals surface area contributed by atoms with Gasteiger partial charge in [0.1, 0.15) is 0 Å². The zero-order valence-corrected chi connectivity index (χ0v) is 16.5. The topological polar surface area (TPSA) is 37.4 Å². The molecule has 0 aromatic heterocycles. The molecular formula is C23H25NO2S. The maximum absolute atomic E-state index is 12.8. The Morgan fingerprint density at radius 3 is 2.52 bits per heavy atom. The third kappa shape index (κ3) is 5.24. The van der Waals surface area contributed by atoms with E-state index in [0.29, 0.717) is 11.4 Å². The van der Waals surface area contributed by atoms with Crippen molar-refractivity contribution in [3.8, 4) is 11.8 Å². The minimum atomic E-state index is -3.45. The van der Waals surface area contributed by atoms with Crippen molar-refractivity contribution in [2.24, 2.45) is 0 Å². The fourth-order valence-corrected chi connectivity index (χ4v) is 4.52. The standard InChI is InChI=1S/C23H25NO2S/c1-20-14-16-23(17-15-20)27(25,26)24-18-8-13-22(19-24)12-7-3-6-11-21-9-4-2-5-10-21/h2,4-5,9-10,14-17,19H,3,7-8,12-13,18H2,1H3. The molecule has 0 saturated heterocycles. The smallest absolute Gasteiger partial charge is 0.263 e. The molecule has 1 heterocycles. The first-order chi connectivity index (χ1) is 13.1. The Morgan fingerprint density at radius 1 is 1.04 bits per heavy atom. The molecule has 0 fully saturated rings. The molecule has 3 rings (SSSR count). The maximum atomic E-state index is 12.8. The van der Waals surface area contributed by atoms with Crippen LogP contribution >= 0.6 is 0 Å². The second-order valence-electron chi connectivity index (χ2n) is 6.84. The first-order valence-electron chi connectivity index (χ1n) is 9.38. The average molecular weight is 380 g/mol. The van der Waals surface area contributed by atoms with Crippen LogP contribution in [0.2, 0.25) is 0 Å². The summed E-state index contributed by atoms with van der Waals surface area (Å²) < 4.78 is 27.2. The van der Waals surface area contributed by atoms with E-state index in [9.17, 15) is 8.42 Å². The Morgan fingerprint density at radius 2 is 1.78 bits per heavy atom. The number of hydrogen-bond donors (Lipinski definition) is 0. The summed E-state index contributed by atoms with van der Waals surface area (Å²) in [4.78, 5) is 0.360. The molecule has 0 spiro atoms. The van der Waals surface area contributed by atoms with Gasteiger partial charge in [0.15, 0.2) is 0 Å². The van der Waals surface area contributed by atoms with Crippen molar-refractivity contribution < 1.29 is 8.42 Å². The van der Waals surface area contributed by atoms with Crippen LogP contribution in [0.4, 0.5) is 0 Å². The number of sulfonamides is 1. The maximum Gasteiger partial charge on any atom is 0.263 e. The molecule has 0 amide bonds. The normalized spacial score (nSPS) is 14.3. The molecule has 0 radical (unpaired) electrons. The van der Waals surface area contributed by atoms with Crippen LogP contribution in [-0.2, 0) is 10.0 Å². The van der Waals surface area contributed by atoms with E-state index in [-0.39, 0.29) is 0 Å². The number of nitrogens with zero attached hydrogens (tertiary/aromatic N) is 1. The number of rotatable bonds is 5. The molecule has 0 atom stereocenters. The van der Waals surface area contributed by atoms with Crippen molar-refractivity contribution in [2.75, 3.05) is 6.54 Å². The van der Waals surface area contributed by atoms with Crippen molar-refractivity contribution >= 4 is 10.0 Å². The minimum Gasteiger partial charge on any atom is -0.273 e. The highest BCUT2D eigenvalue weighted by Gasteiger charge is 2.24. The van der Waals surface area contributed by atoms with Gasteiger partial charge < -0.3 is 0 Å². The summed E-state index contributed by atoms with van der Waals surface area (Å²) in [6.45, 7) is 2.50. The van der Waals surface area contributed by atoms with Gasteiger partial charge in [-0.15, -0.1) is 0 Å². The van der Waals surface area contributed by atoms with Crippen molar-refractivity contribution in [3.05, 3.63) is 77.5 Å². The van der Waals surface area contributed by atoms with E-state index < -0.39 is 10.0 Å². The molecule has 0 N–H and O–H groups in total. The zero-order chi connectivity index (χ0) is 19.1. The van der Waals surface area contributed by atoms with Gasteiger partial charge in [0.2, 0.25) is 0 Å². The quantitative estimate of drug-likeness (QED) is 0.548. The molecule has 1 aliphatic rings. The average Bonchev–Trinajstić information content (AvgIpc) is 2.69. The fourth-order valence-electron chi connectivity index (χ4n) is 3.11. The van der Waals surface area contributed by atoms with Gasteiger partial charge in [0.05, 0.1) is 4.90 Å². The van der Waals surface area contributed by atoms with Gasteiger partial charge in [-0.1, -0.05) is 53.3 Å². The molecule has 2 aromatic rings. The summed E-state index contributed by atoms with van der Waals surface area (Å²) in [5.41, 5.74) is 3.28. The number of unbranched alkanes of at least 4 members (excludes halogenated alkanes) is 1. The molecule has 1 aliphatic heterocycles. The van der Waals surface area contributed by atoms with Gasteiger partial charge in [-0.05, 0) is 56.9 Å². The van der Waals surface area contributed by atoms with E-state index in [0.717, 1.165) is 43.2 Å². The van der Waals surface area contributed by atoms with E-state index >= 15 is 0 Å². The second-order valence-corrected chi connectivity index (χ2v) is 8.73. The largest absolute Gasteiger partial charge is 0.273 e. The minimum absolute atomic E-state index is 0.360. The van der Waals surface area contributed by atoms with Crippen LogP contribution in [-0.4, -0.2) is 19.3 Å². The van der Waals surface area contributed by atoms with E-state index in [1.165, 1.54) is 9.88 Å². The lowest BCUT2D eigenvalue weighted by Gasteiger charge is -2.26. The predicted octanol–water partition coefficient (Wildman–Crippen LogP) is 4.89. The molecule has 0 saturated carbocycles. The third-order valence-corrected chi connectivity index (χ3v) is 6.41. The van der Waals surface area contributed by atoms with Gasteiger partial charge in [-0.3, -0.25) is 4.31 Å². The van der Waals surface area contributed by atoms with Gasteiger partial charge in [-0.25, -0.2) is 8.42 Å². The summed E-state index contributed by atoms with van der Waals surface area (Å²) >= 11 is 0. The lowest BCUT2D eigenvalue weighted by Crippen LogP contribution is -2.30. The first-order valence-corrected chi connectivity index (χ1v) is 10.8. The molecule has 3 nitrogen and oxygen atoms in total. The monoisotopic (exact) mass is 379 g/mol. The second kappa shape index (κ2) is 8.92. The molecule has 0 unspecified atom stereocenters. The highest BCUT2D eigenvalue weighted by Crippen LogP contribution is 2.25. The molecule has 2 aromatic carbocycles. The molecule has 0 aliphatic carbocycles. The summed E-state index contributed by atoms with van der Waals surface area (Å²) in [5, 5.41) is 0. The summed E-state index contributed by atoms with van der Waals surface area (Å²) in [6, 6.07) is 17.0. The van der Waals surface area contributed by atoms with Gasteiger partial charge >= 0.3 is 0 Å². The van der Waals surface area contributed by atoms with Crippen LogP contribution in [0.3, 0.4) is 0 Å². The van der Waals surface area contributed by atoms with Crippen molar-refractivity contribution in [1.29, 1.82) is 0 Å². The Labute approximate surface area is 162 Å². The van der Waals surface area contributed by atoms with Gasteiger partial charge in [0, 0.05) is 24.7 Å². The summed E-state index contributed by atoms with van der Waals surface area (Å²) in [5.74, 6) is 6.37. The third-order valence-electron chi connectivity index (χ3n) is 4.64. The molecule has 27 heavy (non-hydrogen) atoms. The Balaban J connectivity index is 1.59. The highest BCUT2D eigenvalue weighted by molar-refractivity contribution is 7.89. The molecule has 140 valence electrons. The number of hydrogen-bond acceptors (Lipinski definition) is 2. The fraction of sp³-hybridized carbons (Fsp3) is 0.304. The van der Waals surface area contributed by atoms with Crippen LogP contribution in [0, 0.1) is 18.8 Å². The van der Waals surface area contributed by atoms with Crippen LogP contribution in [0.5, 0.6) is 0 Å². The van der Waals surface area contributed by atoms with Gasteiger partial charge in [-0.2, -0.15) is 0 Å². The van der Waals surface area contributed by atoms with E-state index in [1.807, 2.05) is 55.6 Å². The van der Waals surface area contributed by atoms with Crippen LogP contribution < -0.4 is 0 Å². The predicted molar refractivity (Wildman–Crippen MR) is 110 cm³/mol. The Hall–Kier alpha value is -2.51. The summed E-state index contributed by atoms with van der Waals surface area (Å²) in [7, 11) is -3.45. The van der Waals surface area contributed by atoms with Crippen LogP contribution in [0.1, 0.15) is 43.2 Å².